The minimum absolute atomic E-state index is 0.480. The predicted molar refractivity (Wildman–Crippen MR) is 75.1 cm³/mol. The molecule has 0 aromatic heterocycles. The smallest absolute Gasteiger partial charge is 0.0594 e. The van der Waals surface area contributed by atoms with Gasteiger partial charge < -0.3 is 5.11 Å². The van der Waals surface area contributed by atoms with Crippen LogP contribution in [-0.4, -0.2) is 10.7 Å². The molecule has 0 amide bonds. The second-order valence-corrected chi connectivity index (χ2v) is 6.75. The summed E-state index contributed by atoms with van der Waals surface area (Å²) in [6.45, 7) is 6.17. The molecule has 1 heteroatoms. The van der Waals surface area contributed by atoms with Gasteiger partial charge in [0.1, 0.15) is 0 Å². The second kappa shape index (κ2) is 7.41. The van der Waals surface area contributed by atoms with Gasteiger partial charge in [-0.15, -0.1) is 0 Å². The molecule has 0 spiro atoms. The number of hydrogen-bond donors (Lipinski definition) is 1. The van der Waals surface area contributed by atoms with Crippen LogP contribution >= 0.6 is 0 Å². The second-order valence-electron chi connectivity index (χ2n) is 6.75. The Morgan fingerprint density at radius 2 is 1.76 bits per heavy atom. The van der Waals surface area contributed by atoms with Crippen molar-refractivity contribution in [2.45, 2.75) is 90.6 Å². The van der Waals surface area contributed by atoms with Crippen LogP contribution < -0.4 is 0 Å². The Morgan fingerprint density at radius 3 is 2.29 bits per heavy atom. The highest BCUT2D eigenvalue weighted by Gasteiger charge is 2.21. The van der Waals surface area contributed by atoms with Gasteiger partial charge in [-0.05, 0) is 32.1 Å². The first-order valence-electron chi connectivity index (χ1n) is 7.73. The van der Waals surface area contributed by atoms with Gasteiger partial charge in [0.25, 0.3) is 0 Å². The fraction of sp³-hybridized carbons (Fsp3) is 1.00. The van der Waals surface area contributed by atoms with Gasteiger partial charge in [0, 0.05) is 0 Å². The van der Waals surface area contributed by atoms with Gasteiger partial charge in [-0.3, -0.25) is 0 Å². The Morgan fingerprint density at radius 1 is 1.12 bits per heavy atom. The molecule has 0 aliphatic heterocycles. The van der Waals surface area contributed by atoms with Crippen LogP contribution in [0.25, 0.3) is 0 Å². The Hall–Kier alpha value is -0.0400. The molecule has 17 heavy (non-hydrogen) atoms. The van der Waals surface area contributed by atoms with E-state index >= 15 is 0 Å². The molecule has 1 rings (SSSR count). The maximum atomic E-state index is 9.95. The van der Waals surface area contributed by atoms with Gasteiger partial charge in [-0.1, -0.05) is 64.7 Å². The van der Waals surface area contributed by atoms with Crippen LogP contribution in [0.5, 0.6) is 0 Å². The van der Waals surface area contributed by atoms with Crippen LogP contribution in [0.4, 0.5) is 0 Å². The molecule has 1 atom stereocenters. The average molecular weight is 240 g/mol. The molecule has 1 saturated carbocycles. The van der Waals surface area contributed by atoms with Crippen LogP contribution in [0.1, 0.15) is 85.0 Å². The largest absolute Gasteiger partial charge is 0.390 e. The quantitative estimate of drug-likeness (QED) is 0.669. The van der Waals surface area contributed by atoms with Gasteiger partial charge in [-0.2, -0.15) is 0 Å². The third-order valence-corrected chi connectivity index (χ3v) is 4.19. The molecule has 1 nitrogen and oxygen atoms in total. The zero-order chi connectivity index (χ0) is 12.7. The van der Waals surface area contributed by atoms with E-state index in [4.69, 9.17) is 0 Å². The van der Waals surface area contributed by atoms with Crippen molar-refractivity contribution in [3.8, 4) is 0 Å². The first-order chi connectivity index (χ1) is 8.01. The summed E-state index contributed by atoms with van der Waals surface area (Å²) in [7, 11) is 0. The first kappa shape index (κ1) is 15.0. The summed E-state index contributed by atoms with van der Waals surface area (Å²) in [5, 5.41) is 9.95. The highest BCUT2D eigenvalue weighted by molar-refractivity contribution is 4.74. The lowest BCUT2D eigenvalue weighted by atomic mass is 9.81. The number of hydrogen-bond acceptors (Lipinski definition) is 1. The molecule has 0 aromatic rings. The van der Waals surface area contributed by atoms with Crippen LogP contribution in [0.3, 0.4) is 0 Å². The maximum Gasteiger partial charge on any atom is 0.0594 e. The van der Waals surface area contributed by atoms with Gasteiger partial charge >= 0.3 is 0 Å². The number of rotatable bonds is 7. The summed E-state index contributed by atoms with van der Waals surface area (Å²) >= 11 is 0. The topological polar surface area (TPSA) is 20.2 Å². The molecular formula is C16H32O. The molecule has 0 heterocycles. The highest BCUT2D eigenvalue weighted by Crippen LogP contribution is 2.31. The van der Waals surface area contributed by atoms with Gasteiger partial charge in [-0.25, -0.2) is 0 Å². The molecular weight excluding hydrogens is 208 g/mol. The van der Waals surface area contributed by atoms with Crippen molar-refractivity contribution in [1.29, 1.82) is 0 Å². The molecule has 1 N–H and O–H groups in total. The Kier molecular flexibility index (Phi) is 6.54. The van der Waals surface area contributed by atoms with Gasteiger partial charge in [0.2, 0.25) is 0 Å². The van der Waals surface area contributed by atoms with Crippen LogP contribution in [0, 0.1) is 11.8 Å². The van der Waals surface area contributed by atoms with Crippen molar-refractivity contribution >= 4 is 0 Å². The fourth-order valence-corrected chi connectivity index (χ4v) is 3.41. The zero-order valence-electron chi connectivity index (χ0n) is 12.2. The van der Waals surface area contributed by atoms with E-state index in [1.54, 1.807) is 0 Å². The van der Waals surface area contributed by atoms with E-state index in [2.05, 4.69) is 6.92 Å². The van der Waals surface area contributed by atoms with Crippen LogP contribution in [-0.2, 0) is 0 Å². The van der Waals surface area contributed by atoms with Crippen molar-refractivity contribution in [3.63, 3.8) is 0 Å². The normalized spacial score (nSPS) is 20.5. The molecule has 1 unspecified atom stereocenters. The van der Waals surface area contributed by atoms with E-state index in [-0.39, 0.29) is 0 Å². The summed E-state index contributed by atoms with van der Waals surface area (Å²) < 4.78 is 0. The van der Waals surface area contributed by atoms with Gasteiger partial charge in [0.05, 0.1) is 5.60 Å². The molecule has 0 saturated heterocycles. The summed E-state index contributed by atoms with van der Waals surface area (Å²) in [6, 6.07) is 0. The third-order valence-electron chi connectivity index (χ3n) is 4.19. The molecule has 102 valence electrons. The minimum atomic E-state index is -0.480. The van der Waals surface area contributed by atoms with Crippen LogP contribution in [0.15, 0.2) is 0 Å². The molecule has 0 bridgehead atoms. The summed E-state index contributed by atoms with van der Waals surface area (Å²) in [6.07, 6.45) is 13.5. The Balaban J connectivity index is 2.27. The molecule has 0 aromatic carbocycles. The van der Waals surface area contributed by atoms with E-state index in [1.165, 1.54) is 57.8 Å². The Bertz CT molecular complexity index is 186. The summed E-state index contributed by atoms with van der Waals surface area (Å²) in [5.41, 5.74) is -0.480. The van der Waals surface area contributed by atoms with E-state index in [0.29, 0.717) is 0 Å². The highest BCUT2D eigenvalue weighted by atomic mass is 16.3. The monoisotopic (exact) mass is 240 g/mol. The van der Waals surface area contributed by atoms with E-state index in [1.807, 2.05) is 13.8 Å². The summed E-state index contributed by atoms with van der Waals surface area (Å²) in [5.74, 6) is 1.73. The summed E-state index contributed by atoms with van der Waals surface area (Å²) in [4.78, 5) is 0. The lowest BCUT2D eigenvalue weighted by molar-refractivity contribution is 0.0478. The first-order valence-corrected chi connectivity index (χ1v) is 7.73. The molecule has 1 aliphatic rings. The average Bonchev–Trinajstić information content (AvgIpc) is 2.26. The van der Waals surface area contributed by atoms with Gasteiger partial charge in [0.15, 0.2) is 0 Å². The number of aliphatic hydroxyl groups is 1. The lowest BCUT2D eigenvalue weighted by Crippen LogP contribution is -2.23. The molecule has 1 aliphatic carbocycles. The standard InChI is InChI=1S/C16H32O/c1-4-8-15(13-16(2,3)17)12-11-14-9-6-5-7-10-14/h14-15,17H,4-13H2,1-3H3. The Labute approximate surface area is 108 Å². The van der Waals surface area contributed by atoms with Crippen molar-refractivity contribution < 1.29 is 5.11 Å². The SMILES string of the molecule is CCCC(CCC1CCCCC1)CC(C)(C)O. The lowest BCUT2D eigenvalue weighted by Gasteiger charge is -2.27. The minimum Gasteiger partial charge on any atom is -0.390 e. The van der Waals surface area contributed by atoms with Crippen molar-refractivity contribution in [3.05, 3.63) is 0 Å². The van der Waals surface area contributed by atoms with Crippen LogP contribution in [0.2, 0.25) is 0 Å². The molecule has 0 radical (unpaired) electrons. The van der Waals surface area contributed by atoms with E-state index < -0.39 is 5.60 Å². The molecule has 1 fully saturated rings. The van der Waals surface area contributed by atoms with Crippen molar-refractivity contribution in [1.82, 2.24) is 0 Å². The fourth-order valence-electron chi connectivity index (χ4n) is 3.41. The third kappa shape index (κ3) is 7.08. The maximum absolute atomic E-state index is 9.95. The van der Waals surface area contributed by atoms with E-state index in [9.17, 15) is 5.11 Å². The predicted octanol–water partition coefficient (Wildman–Crippen LogP) is 4.92. The van der Waals surface area contributed by atoms with E-state index in [0.717, 1.165) is 18.3 Å². The van der Waals surface area contributed by atoms with Crippen molar-refractivity contribution in [2.24, 2.45) is 11.8 Å². The zero-order valence-corrected chi connectivity index (χ0v) is 12.2. The van der Waals surface area contributed by atoms with Crippen molar-refractivity contribution in [2.75, 3.05) is 0 Å².